The van der Waals surface area contributed by atoms with Crippen molar-refractivity contribution >= 4 is 17.7 Å². The van der Waals surface area contributed by atoms with Crippen LogP contribution in [-0.2, 0) is 9.53 Å². The molecular formula is C14H21NO3S. The van der Waals surface area contributed by atoms with E-state index in [1.54, 1.807) is 6.92 Å². The molecule has 0 bridgehead atoms. The highest BCUT2D eigenvalue weighted by atomic mass is 32.2. The van der Waals surface area contributed by atoms with Gasteiger partial charge in [0.2, 0.25) is 0 Å². The summed E-state index contributed by atoms with van der Waals surface area (Å²) >= 11 is 1.49. The predicted molar refractivity (Wildman–Crippen MR) is 78.5 cm³/mol. The first-order valence-electron chi connectivity index (χ1n) is 6.39. The molecule has 0 fully saturated rings. The quantitative estimate of drug-likeness (QED) is 0.742. The van der Waals surface area contributed by atoms with E-state index < -0.39 is 0 Å². The molecule has 0 saturated carbocycles. The largest absolute Gasteiger partial charge is 0.494 e. The van der Waals surface area contributed by atoms with Crippen molar-refractivity contribution in [2.24, 2.45) is 5.73 Å². The van der Waals surface area contributed by atoms with Crippen molar-refractivity contribution < 1.29 is 14.3 Å². The van der Waals surface area contributed by atoms with Gasteiger partial charge in [0.25, 0.3) is 0 Å². The zero-order chi connectivity index (χ0) is 14.1. The lowest BCUT2D eigenvalue weighted by atomic mass is 10.1. The van der Waals surface area contributed by atoms with E-state index in [2.05, 4.69) is 0 Å². The zero-order valence-electron chi connectivity index (χ0n) is 11.4. The van der Waals surface area contributed by atoms with Gasteiger partial charge >= 0.3 is 5.97 Å². The number of rotatable bonds is 8. The second-order valence-electron chi connectivity index (χ2n) is 3.93. The van der Waals surface area contributed by atoms with Gasteiger partial charge in [-0.25, -0.2) is 0 Å². The third kappa shape index (κ3) is 5.98. The van der Waals surface area contributed by atoms with Gasteiger partial charge in [0.15, 0.2) is 0 Å². The number of hydrogen-bond donors (Lipinski definition) is 1. The minimum absolute atomic E-state index is 0.0879. The number of hydrogen-bond acceptors (Lipinski definition) is 5. The molecule has 1 rings (SSSR count). The topological polar surface area (TPSA) is 61.5 Å². The molecule has 0 aliphatic carbocycles. The average Bonchev–Trinajstić information content (AvgIpc) is 2.40. The highest BCUT2D eigenvalue weighted by Gasteiger charge is 2.08. The van der Waals surface area contributed by atoms with Crippen molar-refractivity contribution in [1.29, 1.82) is 0 Å². The molecular weight excluding hydrogens is 262 g/mol. The molecule has 19 heavy (non-hydrogen) atoms. The molecule has 1 aromatic rings. The van der Waals surface area contributed by atoms with Crippen LogP contribution in [0.4, 0.5) is 0 Å². The Morgan fingerprint density at radius 3 is 2.53 bits per heavy atom. The Hall–Kier alpha value is -1.20. The van der Waals surface area contributed by atoms with Gasteiger partial charge in [-0.1, -0.05) is 12.1 Å². The molecule has 0 spiro atoms. The van der Waals surface area contributed by atoms with Crippen LogP contribution in [0.3, 0.4) is 0 Å². The first kappa shape index (κ1) is 15.9. The molecule has 4 nitrogen and oxygen atoms in total. The fourth-order valence-electron chi connectivity index (χ4n) is 1.55. The Morgan fingerprint density at radius 1 is 1.26 bits per heavy atom. The molecule has 0 aliphatic rings. The summed E-state index contributed by atoms with van der Waals surface area (Å²) in [7, 11) is 0. The molecule has 1 atom stereocenters. The first-order valence-corrected chi connectivity index (χ1v) is 7.54. The average molecular weight is 283 g/mol. The fraction of sp³-hybridized carbons (Fsp3) is 0.500. The Kier molecular flexibility index (Phi) is 7.36. The van der Waals surface area contributed by atoms with Crippen molar-refractivity contribution in [3.63, 3.8) is 0 Å². The minimum Gasteiger partial charge on any atom is -0.494 e. The lowest BCUT2D eigenvalue weighted by Crippen LogP contribution is -2.15. The SMILES string of the molecule is CCOC(=O)CSCC(N)c1ccc(OCC)cc1. The summed E-state index contributed by atoms with van der Waals surface area (Å²) in [6, 6.07) is 7.65. The van der Waals surface area contributed by atoms with Crippen LogP contribution in [0.1, 0.15) is 25.5 Å². The summed E-state index contributed by atoms with van der Waals surface area (Å²) in [6.07, 6.45) is 0. The van der Waals surface area contributed by atoms with Gasteiger partial charge in [0.05, 0.1) is 19.0 Å². The van der Waals surface area contributed by atoms with Gasteiger partial charge in [-0.3, -0.25) is 4.79 Å². The molecule has 0 amide bonds. The summed E-state index contributed by atoms with van der Waals surface area (Å²) in [6.45, 7) is 4.82. The smallest absolute Gasteiger partial charge is 0.315 e. The van der Waals surface area contributed by atoms with Crippen molar-refractivity contribution in [3.05, 3.63) is 29.8 Å². The van der Waals surface area contributed by atoms with Crippen molar-refractivity contribution in [2.75, 3.05) is 24.7 Å². The minimum atomic E-state index is -0.189. The zero-order valence-corrected chi connectivity index (χ0v) is 12.2. The van der Waals surface area contributed by atoms with Crippen LogP contribution in [0.25, 0.3) is 0 Å². The van der Waals surface area contributed by atoms with Crippen LogP contribution < -0.4 is 10.5 Å². The van der Waals surface area contributed by atoms with E-state index in [9.17, 15) is 4.79 Å². The monoisotopic (exact) mass is 283 g/mol. The van der Waals surface area contributed by atoms with E-state index in [0.29, 0.717) is 24.7 Å². The summed E-state index contributed by atoms with van der Waals surface area (Å²) in [4.78, 5) is 11.2. The second-order valence-corrected chi connectivity index (χ2v) is 4.96. The van der Waals surface area contributed by atoms with Crippen molar-refractivity contribution in [3.8, 4) is 5.75 Å². The lowest BCUT2D eigenvalue weighted by Gasteiger charge is -2.12. The second kappa shape index (κ2) is 8.82. The molecule has 106 valence electrons. The molecule has 1 unspecified atom stereocenters. The van der Waals surface area contributed by atoms with Gasteiger partial charge in [-0.05, 0) is 31.5 Å². The number of esters is 1. The summed E-state index contributed by atoms with van der Waals surface area (Å²) in [5.41, 5.74) is 7.11. The number of ether oxygens (including phenoxy) is 2. The van der Waals surface area contributed by atoms with E-state index in [4.69, 9.17) is 15.2 Å². The van der Waals surface area contributed by atoms with Gasteiger partial charge in [0, 0.05) is 11.8 Å². The van der Waals surface area contributed by atoms with E-state index in [1.807, 2.05) is 31.2 Å². The number of thioether (sulfide) groups is 1. The standard InChI is InChI=1S/C14H21NO3S/c1-3-17-12-7-5-11(6-8-12)13(15)9-19-10-14(16)18-4-2/h5-8,13H,3-4,9-10,15H2,1-2H3. The molecule has 0 aromatic heterocycles. The highest BCUT2D eigenvalue weighted by molar-refractivity contribution is 7.99. The summed E-state index contributed by atoms with van der Waals surface area (Å²) in [5, 5.41) is 0. The molecule has 1 aromatic carbocycles. The maximum absolute atomic E-state index is 11.2. The molecule has 2 N–H and O–H groups in total. The number of carbonyl (C=O) groups is 1. The van der Waals surface area contributed by atoms with Crippen LogP contribution >= 0.6 is 11.8 Å². The summed E-state index contributed by atoms with van der Waals surface area (Å²) < 4.78 is 10.2. The van der Waals surface area contributed by atoms with Gasteiger partial charge in [-0.2, -0.15) is 0 Å². The number of benzene rings is 1. The maximum atomic E-state index is 11.2. The van der Waals surface area contributed by atoms with Crippen LogP contribution in [-0.4, -0.2) is 30.7 Å². The first-order chi connectivity index (χ1) is 9.17. The molecule has 0 heterocycles. The fourth-order valence-corrected chi connectivity index (χ4v) is 2.36. The highest BCUT2D eigenvalue weighted by Crippen LogP contribution is 2.19. The van der Waals surface area contributed by atoms with Crippen LogP contribution in [0.2, 0.25) is 0 Å². The van der Waals surface area contributed by atoms with Crippen LogP contribution in [0.15, 0.2) is 24.3 Å². The molecule has 0 radical (unpaired) electrons. The van der Waals surface area contributed by atoms with Gasteiger partial charge in [-0.15, -0.1) is 11.8 Å². The Labute approximate surface area is 118 Å². The van der Waals surface area contributed by atoms with E-state index in [0.717, 1.165) is 11.3 Å². The molecule has 0 saturated heterocycles. The van der Waals surface area contributed by atoms with E-state index in [1.165, 1.54) is 11.8 Å². The Balaban J connectivity index is 2.36. The van der Waals surface area contributed by atoms with Crippen LogP contribution in [0, 0.1) is 0 Å². The molecule has 0 aliphatic heterocycles. The van der Waals surface area contributed by atoms with Crippen molar-refractivity contribution in [1.82, 2.24) is 0 Å². The molecule has 5 heteroatoms. The maximum Gasteiger partial charge on any atom is 0.315 e. The third-order valence-electron chi connectivity index (χ3n) is 2.44. The third-order valence-corrected chi connectivity index (χ3v) is 3.48. The van der Waals surface area contributed by atoms with Crippen LogP contribution in [0.5, 0.6) is 5.75 Å². The Bertz CT molecular complexity index is 381. The predicted octanol–water partition coefficient (Wildman–Crippen LogP) is 2.38. The van der Waals surface area contributed by atoms with Gasteiger partial charge < -0.3 is 15.2 Å². The van der Waals surface area contributed by atoms with Gasteiger partial charge in [0.1, 0.15) is 5.75 Å². The normalized spacial score (nSPS) is 11.9. The van der Waals surface area contributed by atoms with E-state index in [-0.39, 0.29) is 12.0 Å². The van der Waals surface area contributed by atoms with Crippen molar-refractivity contribution in [2.45, 2.75) is 19.9 Å². The number of nitrogens with two attached hydrogens (primary N) is 1. The number of carbonyl (C=O) groups excluding carboxylic acids is 1. The Morgan fingerprint density at radius 2 is 1.95 bits per heavy atom. The summed E-state index contributed by atoms with van der Waals surface area (Å²) in [5.74, 6) is 1.69. The van der Waals surface area contributed by atoms with E-state index >= 15 is 0 Å². The lowest BCUT2D eigenvalue weighted by molar-refractivity contribution is -0.139.